The Labute approximate surface area is 81.2 Å². The minimum Gasteiger partial charge on any atom is -0.330 e. The van der Waals surface area contributed by atoms with E-state index < -0.39 is 0 Å². The molecule has 4 heteroatoms. The van der Waals surface area contributed by atoms with Gasteiger partial charge in [-0.15, -0.1) is 0 Å². The highest BCUT2D eigenvalue weighted by Crippen LogP contribution is 2.04. The molecule has 80 valence electrons. The second kappa shape index (κ2) is 8.44. The molecule has 0 radical (unpaired) electrons. The summed E-state index contributed by atoms with van der Waals surface area (Å²) in [7, 11) is 1.85. The topological polar surface area (TPSA) is 90.1 Å². The molecule has 0 aromatic rings. The third-order valence-corrected chi connectivity index (χ3v) is 2.21. The molecule has 0 saturated carbocycles. The van der Waals surface area contributed by atoms with Crippen LogP contribution in [0.4, 0.5) is 0 Å². The van der Waals surface area contributed by atoms with E-state index in [0.717, 1.165) is 32.2 Å². The normalized spacial score (nSPS) is 15.7. The summed E-state index contributed by atoms with van der Waals surface area (Å²) in [5, 5.41) is 2.98. The van der Waals surface area contributed by atoms with Gasteiger partial charge in [-0.1, -0.05) is 12.8 Å². The van der Waals surface area contributed by atoms with Crippen molar-refractivity contribution >= 4 is 0 Å². The largest absolute Gasteiger partial charge is 0.330 e. The van der Waals surface area contributed by atoms with Gasteiger partial charge in [-0.05, 0) is 32.9 Å². The van der Waals surface area contributed by atoms with Crippen LogP contribution >= 0.6 is 0 Å². The molecule has 0 aliphatic carbocycles. The monoisotopic (exact) mass is 188 g/mol. The van der Waals surface area contributed by atoms with Crippen molar-refractivity contribution in [1.29, 1.82) is 0 Å². The van der Waals surface area contributed by atoms with E-state index in [1.807, 2.05) is 7.05 Å². The maximum atomic E-state index is 5.88. The standard InChI is InChI=1S/C9H24N4/c1-13-9(12)7-8(11)5-3-2-4-6-10/h8-9,13H,2-7,10-12H2,1H3. The van der Waals surface area contributed by atoms with Crippen molar-refractivity contribution in [2.75, 3.05) is 13.6 Å². The molecular weight excluding hydrogens is 164 g/mol. The van der Waals surface area contributed by atoms with Crippen LogP contribution in [-0.2, 0) is 0 Å². The number of unbranched alkanes of at least 4 members (excludes halogenated alkanes) is 2. The van der Waals surface area contributed by atoms with Crippen molar-refractivity contribution in [3.63, 3.8) is 0 Å². The van der Waals surface area contributed by atoms with Gasteiger partial charge < -0.3 is 22.5 Å². The molecule has 7 N–H and O–H groups in total. The first-order valence-corrected chi connectivity index (χ1v) is 5.09. The van der Waals surface area contributed by atoms with Crippen molar-refractivity contribution in [1.82, 2.24) is 5.32 Å². The zero-order valence-corrected chi connectivity index (χ0v) is 8.63. The van der Waals surface area contributed by atoms with Crippen LogP contribution in [0.25, 0.3) is 0 Å². The highest BCUT2D eigenvalue weighted by molar-refractivity contribution is 4.67. The Kier molecular flexibility index (Phi) is 8.33. The van der Waals surface area contributed by atoms with E-state index in [4.69, 9.17) is 17.2 Å². The zero-order chi connectivity index (χ0) is 10.1. The first-order valence-electron chi connectivity index (χ1n) is 5.09. The fraction of sp³-hybridized carbons (Fsp3) is 1.00. The van der Waals surface area contributed by atoms with Gasteiger partial charge >= 0.3 is 0 Å². The molecule has 0 spiro atoms. The molecular formula is C9H24N4. The predicted molar refractivity (Wildman–Crippen MR) is 57.1 cm³/mol. The van der Waals surface area contributed by atoms with Gasteiger partial charge in [0.2, 0.25) is 0 Å². The van der Waals surface area contributed by atoms with Crippen molar-refractivity contribution in [2.45, 2.75) is 44.3 Å². The molecule has 0 aromatic heterocycles. The first-order chi connectivity index (χ1) is 6.20. The van der Waals surface area contributed by atoms with Gasteiger partial charge in [-0.3, -0.25) is 0 Å². The Bertz CT molecular complexity index is 108. The van der Waals surface area contributed by atoms with E-state index in [9.17, 15) is 0 Å². The summed E-state index contributed by atoms with van der Waals surface area (Å²) in [5.41, 5.74) is 17.0. The average molecular weight is 188 g/mol. The van der Waals surface area contributed by atoms with Gasteiger partial charge in [0.1, 0.15) is 0 Å². The van der Waals surface area contributed by atoms with Crippen molar-refractivity contribution < 1.29 is 0 Å². The second-order valence-electron chi connectivity index (χ2n) is 3.53. The van der Waals surface area contributed by atoms with Crippen LogP contribution in [0.15, 0.2) is 0 Å². The van der Waals surface area contributed by atoms with Gasteiger partial charge in [0.25, 0.3) is 0 Å². The molecule has 2 unspecified atom stereocenters. The summed E-state index contributed by atoms with van der Waals surface area (Å²) in [6.07, 6.45) is 5.37. The Morgan fingerprint density at radius 2 is 1.85 bits per heavy atom. The third kappa shape index (κ3) is 8.18. The lowest BCUT2D eigenvalue weighted by Gasteiger charge is -2.16. The predicted octanol–water partition coefficient (Wildman–Crippen LogP) is -0.273. The van der Waals surface area contributed by atoms with E-state index >= 15 is 0 Å². The summed E-state index contributed by atoms with van der Waals surface area (Å²) in [6.45, 7) is 0.783. The molecule has 0 aliphatic rings. The van der Waals surface area contributed by atoms with Gasteiger partial charge in [0, 0.05) is 6.04 Å². The average Bonchev–Trinajstić information content (AvgIpc) is 2.12. The van der Waals surface area contributed by atoms with Crippen LogP contribution < -0.4 is 22.5 Å². The number of rotatable bonds is 8. The van der Waals surface area contributed by atoms with Crippen LogP contribution in [0.1, 0.15) is 32.1 Å². The number of nitrogens with one attached hydrogen (secondary N) is 1. The molecule has 4 nitrogen and oxygen atoms in total. The van der Waals surface area contributed by atoms with Crippen LogP contribution in [0, 0.1) is 0 Å². The lowest BCUT2D eigenvalue weighted by Crippen LogP contribution is -2.40. The summed E-state index contributed by atoms with van der Waals surface area (Å²) in [5.74, 6) is 0. The molecule has 0 bridgehead atoms. The molecule has 0 fully saturated rings. The molecule has 0 amide bonds. The third-order valence-electron chi connectivity index (χ3n) is 2.21. The lowest BCUT2D eigenvalue weighted by atomic mass is 10.1. The number of nitrogens with two attached hydrogens (primary N) is 3. The Balaban J connectivity index is 3.24. The van der Waals surface area contributed by atoms with E-state index in [1.54, 1.807) is 0 Å². The smallest absolute Gasteiger partial charge is 0.0558 e. The minimum absolute atomic E-state index is 0.0320. The van der Waals surface area contributed by atoms with Gasteiger partial charge in [0.05, 0.1) is 6.17 Å². The molecule has 0 rings (SSSR count). The highest BCUT2D eigenvalue weighted by atomic mass is 15.0. The molecule has 13 heavy (non-hydrogen) atoms. The molecule has 0 aromatic carbocycles. The van der Waals surface area contributed by atoms with Gasteiger partial charge in [0.15, 0.2) is 0 Å². The molecule has 2 atom stereocenters. The van der Waals surface area contributed by atoms with Gasteiger partial charge in [-0.25, -0.2) is 0 Å². The maximum absolute atomic E-state index is 5.88. The first kappa shape index (κ1) is 12.8. The quantitative estimate of drug-likeness (QED) is 0.312. The second-order valence-corrected chi connectivity index (χ2v) is 3.53. The number of hydrogen-bond acceptors (Lipinski definition) is 4. The van der Waals surface area contributed by atoms with Crippen LogP contribution in [-0.4, -0.2) is 25.8 Å². The highest BCUT2D eigenvalue weighted by Gasteiger charge is 2.06. The Morgan fingerprint density at radius 1 is 1.15 bits per heavy atom. The van der Waals surface area contributed by atoms with E-state index in [-0.39, 0.29) is 12.2 Å². The molecule has 0 heterocycles. The fourth-order valence-electron chi connectivity index (χ4n) is 1.29. The summed E-state index contributed by atoms with van der Waals surface area (Å²) < 4.78 is 0. The van der Waals surface area contributed by atoms with Crippen LogP contribution in [0.5, 0.6) is 0 Å². The van der Waals surface area contributed by atoms with Crippen LogP contribution in [0.2, 0.25) is 0 Å². The van der Waals surface area contributed by atoms with E-state index in [2.05, 4.69) is 5.32 Å². The van der Waals surface area contributed by atoms with Crippen LogP contribution in [0.3, 0.4) is 0 Å². The molecule has 0 aliphatic heterocycles. The Morgan fingerprint density at radius 3 is 2.38 bits per heavy atom. The fourth-order valence-corrected chi connectivity index (χ4v) is 1.29. The SMILES string of the molecule is CNC(N)CC(N)CCCCCN. The lowest BCUT2D eigenvalue weighted by molar-refractivity contribution is 0.445. The maximum Gasteiger partial charge on any atom is 0.0558 e. The van der Waals surface area contributed by atoms with Crippen molar-refractivity contribution in [3.05, 3.63) is 0 Å². The summed E-state index contributed by atoms with van der Waals surface area (Å²) in [4.78, 5) is 0. The van der Waals surface area contributed by atoms with Crippen molar-refractivity contribution in [3.8, 4) is 0 Å². The van der Waals surface area contributed by atoms with E-state index in [1.165, 1.54) is 6.42 Å². The minimum atomic E-state index is 0.0320. The number of hydrogen-bond donors (Lipinski definition) is 4. The van der Waals surface area contributed by atoms with Gasteiger partial charge in [-0.2, -0.15) is 0 Å². The zero-order valence-electron chi connectivity index (χ0n) is 8.63. The molecule has 0 saturated heterocycles. The summed E-state index contributed by atoms with van der Waals surface area (Å²) >= 11 is 0. The Hall–Kier alpha value is -0.160. The summed E-state index contributed by atoms with van der Waals surface area (Å²) in [6, 6.07) is 0.222. The van der Waals surface area contributed by atoms with E-state index in [0.29, 0.717) is 0 Å². The van der Waals surface area contributed by atoms with Crippen molar-refractivity contribution in [2.24, 2.45) is 17.2 Å².